The van der Waals surface area contributed by atoms with E-state index in [0.29, 0.717) is 6.54 Å². The van der Waals surface area contributed by atoms with E-state index in [9.17, 15) is 4.79 Å². The lowest BCUT2D eigenvalue weighted by Gasteiger charge is -2.28. The van der Waals surface area contributed by atoms with E-state index in [-0.39, 0.29) is 12.8 Å². The number of rotatable bonds is 3. The smallest absolute Gasteiger partial charge is 0.320 e. The summed E-state index contributed by atoms with van der Waals surface area (Å²) in [4.78, 5) is 13.9. The molecule has 4 heteroatoms. The van der Waals surface area contributed by atoms with Crippen LogP contribution in [0.2, 0.25) is 0 Å². The fourth-order valence-electron chi connectivity index (χ4n) is 2.48. The van der Waals surface area contributed by atoms with Crippen molar-refractivity contribution in [3.8, 4) is 5.75 Å². The van der Waals surface area contributed by atoms with E-state index in [2.05, 4.69) is 17.4 Å². The predicted molar refractivity (Wildman–Crippen MR) is 81.0 cm³/mol. The Labute approximate surface area is 124 Å². The van der Waals surface area contributed by atoms with Crippen LogP contribution in [-0.2, 0) is 13.0 Å². The van der Waals surface area contributed by atoms with E-state index in [0.717, 1.165) is 18.7 Å². The van der Waals surface area contributed by atoms with Crippen LogP contribution in [0.1, 0.15) is 11.1 Å². The van der Waals surface area contributed by atoms with E-state index < -0.39 is 0 Å². The highest BCUT2D eigenvalue weighted by Crippen LogP contribution is 2.18. The number of ether oxygens (including phenoxy) is 1. The first kappa shape index (κ1) is 13.5. The molecule has 3 rings (SSSR count). The third kappa shape index (κ3) is 3.34. The molecule has 2 aromatic rings. The Kier molecular flexibility index (Phi) is 4.05. The summed E-state index contributed by atoms with van der Waals surface area (Å²) in [5.74, 6) is 0.752. The van der Waals surface area contributed by atoms with Gasteiger partial charge in [-0.15, -0.1) is 0 Å². The van der Waals surface area contributed by atoms with Gasteiger partial charge in [0.2, 0.25) is 0 Å². The first-order chi connectivity index (χ1) is 10.3. The van der Waals surface area contributed by atoms with E-state index in [4.69, 9.17) is 4.74 Å². The van der Waals surface area contributed by atoms with Gasteiger partial charge >= 0.3 is 6.03 Å². The molecule has 0 bridgehead atoms. The number of hydrogen-bond acceptors (Lipinski definition) is 2. The first-order valence-corrected chi connectivity index (χ1v) is 7.10. The maximum atomic E-state index is 12.1. The summed E-state index contributed by atoms with van der Waals surface area (Å²) in [7, 11) is 0. The molecule has 0 radical (unpaired) electrons. The minimum atomic E-state index is -0.0829. The number of nitrogens with one attached hydrogen (secondary N) is 1. The molecule has 0 saturated heterocycles. The van der Waals surface area contributed by atoms with Crippen molar-refractivity contribution >= 4 is 6.03 Å². The number of urea groups is 1. The summed E-state index contributed by atoms with van der Waals surface area (Å²) < 4.78 is 5.48. The predicted octanol–water partition coefficient (Wildman–Crippen LogP) is 2.79. The van der Waals surface area contributed by atoms with Crippen LogP contribution in [0.25, 0.3) is 0 Å². The number of nitrogens with zero attached hydrogens (tertiary/aromatic N) is 1. The van der Waals surface area contributed by atoms with Gasteiger partial charge in [-0.25, -0.2) is 4.79 Å². The topological polar surface area (TPSA) is 41.6 Å². The third-order valence-electron chi connectivity index (χ3n) is 3.62. The molecule has 0 atom stereocenters. The average Bonchev–Trinajstić information content (AvgIpc) is 2.55. The molecule has 108 valence electrons. The van der Waals surface area contributed by atoms with Crippen molar-refractivity contribution in [2.24, 2.45) is 0 Å². The molecule has 0 saturated carbocycles. The summed E-state index contributed by atoms with van der Waals surface area (Å²) in [6.07, 6.45) is 0.906. The van der Waals surface area contributed by atoms with Crippen molar-refractivity contribution in [2.45, 2.75) is 13.0 Å². The largest absolute Gasteiger partial charge is 0.473 e. The second kappa shape index (κ2) is 6.31. The molecule has 1 aliphatic heterocycles. The van der Waals surface area contributed by atoms with Crippen LogP contribution < -0.4 is 10.1 Å². The van der Waals surface area contributed by atoms with Crippen molar-refractivity contribution in [3.63, 3.8) is 0 Å². The van der Waals surface area contributed by atoms with Crippen molar-refractivity contribution < 1.29 is 9.53 Å². The minimum Gasteiger partial charge on any atom is -0.473 e. The molecule has 21 heavy (non-hydrogen) atoms. The molecular formula is C17H18N2O2. The summed E-state index contributed by atoms with van der Waals surface area (Å²) >= 11 is 0. The first-order valence-electron chi connectivity index (χ1n) is 7.10. The number of amides is 2. The lowest BCUT2D eigenvalue weighted by molar-refractivity contribution is 0.179. The average molecular weight is 282 g/mol. The Morgan fingerprint density at radius 1 is 1.05 bits per heavy atom. The zero-order chi connectivity index (χ0) is 14.5. The number of fused-ring (bicyclic) bond motifs is 1. The zero-order valence-electron chi connectivity index (χ0n) is 11.8. The van der Waals surface area contributed by atoms with Gasteiger partial charge in [0.1, 0.15) is 5.75 Å². The molecule has 0 fully saturated rings. The second-order valence-corrected chi connectivity index (χ2v) is 5.02. The lowest BCUT2D eigenvalue weighted by atomic mass is 10.0. The monoisotopic (exact) mass is 282 g/mol. The minimum absolute atomic E-state index is 0.0829. The standard InChI is InChI=1S/C17H18N2O2/c20-17(18-13-21-16-8-2-1-3-9-16)19-11-10-14-6-4-5-7-15(14)12-19/h1-9H,10-13H2,(H,18,20). The van der Waals surface area contributed by atoms with Crippen LogP contribution in [0.3, 0.4) is 0 Å². The fraction of sp³-hybridized carbons (Fsp3) is 0.235. The van der Waals surface area contributed by atoms with E-state index >= 15 is 0 Å². The van der Waals surface area contributed by atoms with Gasteiger partial charge in [-0.1, -0.05) is 42.5 Å². The molecule has 2 aromatic carbocycles. The van der Waals surface area contributed by atoms with Crippen LogP contribution in [-0.4, -0.2) is 24.2 Å². The van der Waals surface area contributed by atoms with Crippen molar-refractivity contribution in [1.29, 1.82) is 0 Å². The van der Waals surface area contributed by atoms with Crippen LogP contribution in [0.5, 0.6) is 5.75 Å². The van der Waals surface area contributed by atoms with E-state index in [1.54, 1.807) is 0 Å². The summed E-state index contributed by atoms with van der Waals surface area (Å²) in [5, 5.41) is 2.80. The SMILES string of the molecule is O=C(NCOc1ccccc1)N1CCc2ccccc2C1. The number of hydrogen-bond donors (Lipinski definition) is 1. The quantitative estimate of drug-likeness (QED) is 0.880. The van der Waals surface area contributed by atoms with Crippen molar-refractivity contribution in [3.05, 3.63) is 65.7 Å². The maximum absolute atomic E-state index is 12.1. The Morgan fingerprint density at radius 2 is 1.76 bits per heavy atom. The van der Waals surface area contributed by atoms with Gasteiger partial charge < -0.3 is 15.0 Å². The van der Waals surface area contributed by atoms with Crippen LogP contribution in [0, 0.1) is 0 Å². The van der Waals surface area contributed by atoms with Gasteiger partial charge in [0.15, 0.2) is 6.73 Å². The Balaban J connectivity index is 1.50. The normalized spacial score (nSPS) is 13.4. The second-order valence-electron chi connectivity index (χ2n) is 5.02. The summed E-state index contributed by atoms with van der Waals surface area (Å²) in [5.41, 5.74) is 2.56. The van der Waals surface area contributed by atoms with Crippen molar-refractivity contribution in [1.82, 2.24) is 10.2 Å². The molecule has 0 unspecified atom stereocenters. The van der Waals surface area contributed by atoms with Crippen LogP contribution in [0.15, 0.2) is 54.6 Å². The van der Waals surface area contributed by atoms with Crippen molar-refractivity contribution in [2.75, 3.05) is 13.3 Å². The lowest BCUT2D eigenvalue weighted by Crippen LogP contribution is -2.43. The summed E-state index contributed by atoms with van der Waals surface area (Å²) in [6, 6.07) is 17.6. The highest BCUT2D eigenvalue weighted by molar-refractivity contribution is 5.74. The van der Waals surface area contributed by atoms with Gasteiger partial charge in [0.25, 0.3) is 0 Å². The zero-order valence-corrected chi connectivity index (χ0v) is 11.8. The third-order valence-corrected chi connectivity index (χ3v) is 3.62. The van der Waals surface area contributed by atoms with E-state index in [1.165, 1.54) is 11.1 Å². The van der Waals surface area contributed by atoms with Crippen LogP contribution >= 0.6 is 0 Å². The van der Waals surface area contributed by atoms with Gasteiger partial charge in [-0.3, -0.25) is 0 Å². The molecule has 1 aliphatic rings. The molecule has 0 aromatic heterocycles. The molecule has 4 nitrogen and oxygen atoms in total. The van der Waals surface area contributed by atoms with Crippen LogP contribution in [0.4, 0.5) is 4.79 Å². The molecule has 0 spiro atoms. The Bertz CT molecular complexity index is 613. The highest BCUT2D eigenvalue weighted by atomic mass is 16.5. The number of carbonyl (C=O) groups is 1. The van der Waals surface area contributed by atoms with Gasteiger partial charge in [-0.2, -0.15) is 0 Å². The maximum Gasteiger partial charge on any atom is 0.320 e. The summed E-state index contributed by atoms with van der Waals surface area (Å²) in [6.45, 7) is 1.59. The van der Waals surface area contributed by atoms with Gasteiger partial charge in [0.05, 0.1) is 0 Å². The molecule has 1 heterocycles. The molecular weight excluding hydrogens is 264 g/mol. The fourth-order valence-corrected chi connectivity index (χ4v) is 2.48. The van der Waals surface area contributed by atoms with Gasteiger partial charge in [-0.05, 0) is 29.7 Å². The molecule has 2 amide bonds. The van der Waals surface area contributed by atoms with Gasteiger partial charge in [0, 0.05) is 13.1 Å². The number of benzene rings is 2. The van der Waals surface area contributed by atoms with E-state index in [1.807, 2.05) is 47.4 Å². The molecule has 0 aliphatic carbocycles. The number of para-hydroxylation sites is 1. The molecule has 1 N–H and O–H groups in total. The Hall–Kier alpha value is -2.49. The highest BCUT2D eigenvalue weighted by Gasteiger charge is 2.19. The Morgan fingerprint density at radius 3 is 2.57 bits per heavy atom. The number of carbonyl (C=O) groups excluding carboxylic acids is 1.